The molecule has 0 bridgehead atoms. The van der Waals surface area contributed by atoms with Crippen LogP contribution in [0.4, 0.5) is 16.6 Å². The van der Waals surface area contributed by atoms with Crippen LogP contribution in [0, 0.1) is 0 Å². The van der Waals surface area contributed by atoms with E-state index in [-0.39, 0.29) is 16.7 Å². The first-order valence-corrected chi connectivity index (χ1v) is 7.26. The number of ether oxygens (including phenoxy) is 1. The number of hydrogen-bond acceptors (Lipinski definition) is 7. The highest BCUT2D eigenvalue weighted by Crippen LogP contribution is 2.30. The van der Waals surface area contributed by atoms with Gasteiger partial charge in [0.25, 0.3) is 0 Å². The minimum atomic E-state index is -0.493. The van der Waals surface area contributed by atoms with Gasteiger partial charge in [0.2, 0.25) is 0 Å². The molecule has 2 rings (SSSR count). The lowest BCUT2D eigenvalue weighted by Gasteiger charge is -2.14. The Morgan fingerprint density at radius 2 is 2.14 bits per heavy atom. The first-order valence-electron chi connectivity index (χ1n) is 6.38. The highest BCUT2D eigenvalue weighted by molar-refractivity contribution is 7.13. The van der Waals surface area contributed by atoms with Crippen molar-refractivity contribution in [2.75, 3.05) is 18.2 Å². The summed E-state index contributed by atoms with van der Waals surface area (Å²) >= 11 is 1.47. The Morgan fingerprint density at radius 3 is 2.71 bits per heavy atom. The van der Waals surface area contributed by atoms with Crippen molar-refractivity contribution < 1.29 is 9.53 Å². The standard InChI is InChI=1S/C14H18N4O2S/c1-14(2,3)9-7-21-13(17-9)18-11-10(15)8(5-6-16-11)12(19)20-4/h5-7H,15H2,1-4H3,(H,16,17,18). The molecular weight excluding hydrogens is 288 g/mol. The number of hydrogen-bond donors (Lipinski definition) is 2. The van der Waals surface area contributed by atoms with Crippen LogP contribution in [0.25, 0.3) is 0 Å². The predicted octanol–water partition coefficient (Wildman–Crippen LogP) is 2.95. The number of carbonyl (C=O) groups is 1. The number of thiazole rings is 1. The van der Waals surface area contributed by atoms with Crippen LogP contribution in [0.5, 0.6) is 0 Å². The summed E-state index contributed by atoms with van der Waals surface area (Å²) in [6.45, 7) is 6.28. The van der Waals surface area contributed by atoms with Gasteiger partial charge in [-0.1, -0.05) is 20.8 Å². The van der Waals surface area contributed by atoms with Crippen LogP contribution in [0.15, 0.2) is 17.6 Å². The molecule has 2 aromatic heterocycles. The molecule has 2 aromatic rings. The minimum Gasteiger partial charge on any atom is -0.465 e. The van der Waals surface area contributed by atoms with Crippen LogP contribution in [-0.4, -0.2) is 23.0 Å². The molecule has 0 spiro atoms. The summed E-state index contributed by atoms with van der Waals surface area (Å²) in [5.41, 5.74) is 7.44. The number of rotatable bonds is 3. The maximum atomic E-state index is 11.6. The topological polar surface area (TPSA) is 90.1 Å². The van der Waals surface area contributed by atoms with Crippen LogP contribution in [0.1, 0.15) is 36.8 Å². The molecule has 0 unspecified atom stereocenters. The van der Waals surface area contributed by atoms with Crippen molar-refractivity contribution in [3.05, 3.63) is 28.9 Å². The lowest BCUT2D eigenvalue weighted by atomic mass is 9.93. The number of anilines is 3. The van der Waals surface area contributed by atoms with Crippen LogP contribution in [-0.2, 0) is 10.2 Å². The third kappa shape index (κ3) is 3.30. The van der Waals surface area contributed by atoms with Gasteiger partial charge in [-0.25, -0.2) is 14.8 Å². The zero-order chi connectivity index (χ0) is 15.6. The van der Waals surface area contributed by atoms with E-state index in [4.69, 9.17) is 5.73 Å². The van der Waals surface area contributed by atoms with Gasteiger partial charge in [-0.3, -0.25) is 0 Å². The summed E-state index contributed by atoms with van der Waals surface area (Å²) in [6, 6.07) is 1.52. The maximum absolute atomic E-state index is 11.6. The highest BCUT2D eigenvalue weighted by atomic mass is 32.1. The third-order valence-electron chi connectivity index (χ3n) is 2.89. The summed E-state index contributed by atoms with van der Waals surface area (Å²) in [7, 11) is 1.31. The van der Waals surface area contributed by atoms with Gasteiger partial charge in [0.05, 0.1) is 24.1 Å². The van der Waals surface area contributed by atoms with E-state index < -0.39 is 5.97 Å². The number of nitrogens with zero attached hydrogens (tertiary/aromatic N) is 2. The molecule has 112 valence electrons. The molecular formula is C14H18N4O2S. The van der Waals surface area contributed by atoms with Gasteiger partial charge in [-0.15, -0.1) is 11.3 Å². The second-order valence-electron chi connectivity index (χ2n) is 5.53. The van der Waals surface area contributed by atoms with Crippen molar-refractivity contribution >= 4 is 33.9 Å². The molecule has 7 heteroatoms. The fourth-order valence-electron chi connectivity index (χ4n) is 1.64. The number of nitrogen functional groups attached to an aromatic ring is 1. The van der Waals surface area contributed by atoms with E-state index in [2.05, 4.69) is 40.8 Å². The van der Waals surface area contributed by atoms with Crippen LogP contribution in [0.3, 0.4) is 0 Å². The zero-order valence-corrected chi connectivity index (χ0v) is 13.2. The maximum Gasteiger partial charge on any atom is 0.340 e. The van der Waals surface area contributed by atoms with E-state index in [1.165, 1.54) is 30.7 Å². The lowest BCUT2D eigenvalue weighted by molar-refractivity contribution is 0.0602. The van der Waals surface area contributed by atoms with Crippen LogP contribution < -0.4 is 11.1 Å². The average molecular weight is 306 g/mol. The molecule has 0 aliphatic carbocycles. The molecule has 0 aliphatic rings. The molecule has 0 fully saturated rings. The fraction of sp³-hybridized carbons (Fsp3) is 0.357. The van der Waals surface area contributed by atoms with Crippen LogP contribution >= 0.6 is 11.3 Å². The van der Waals surface area contributed by atoms with Crippen molar-refractivity contribution in [2.45, 2.75) is 26.2 Å². The number of aromatic nitrogens is 2. The van der Waals surface area contributed by atoms with Gasteiger partial charge < -0.3 is 15.8 Å². The van der Waals surface area contributed by atoms with E-state index in [1.54, 1.807) is 0 Å². The molecule has 0 saturated carbocycles. The van der Waals surface area contributed by atoms with Crippen molar-refractivity contribution in [1.82, 2.24) is 9.97 Å². The summed E-state index contributed by atoms with van der Waals surface area (Å²) < 4.78 is 4.68. The van der Waals surface area contributed by atoms with Crippen LogP contribution in [0.2, 0.25) is 0 Å². The van der Waals surface area contributed by atoms with Gasteiger partial charge >= 0.3 is 5.97 Å². The smallest absolute Gasteiger partial charge is 0.340 e. The minimum absolute atomic E-state index is 0.0245. The van der Waals surface area contributed by atoms with E-state index in [9.17, 15) is 4.79 Å². The number of carbonyl (C=O) groups excluding carboxylic acids is 1. The molecule has 0 atom stereocenters. The van der Waals surface area contributed by atoms with Gasteiger partial charge in [0.15, 0.2) is 10.9 Å². The number of nitrogens with two attached hydrogens (primary N) is 1. The number of esters is 1. The second kappa shape index (κ2) is 5.69. The molecule has 0 aliphatic heterocycles. The monoisotopic (exact) mass is 306 g/mol. The molecule has 21 heavy (non-hydrogen) atoms. The predicted molar refractivity (Wildman–Crippen MR) is 84.1 cm³/mol. The van der Waals surface area contributed by atoms with Crippen molar-refractivity contribution in [3.8, 4) is 0 Å². The van der Waals surface area contributed by atoms with Crippen molar-refractivity contribution in [1.29, 1.82) is 0 Å². The molecule has 0 aromatic carbocycles. The Kier molecular flexibility index (Phi) is 4.13. The van der Waals surface area contributed by atoms with Crippen molar-refractivity contribution in [3.63, 3.8) is 0 Å². The molecule has 0 amide bonds. The quantitative estimate of drug-likeness (QED) is 0.847. The lowest BCUT2D eigenvalue weighted by Crippen LogP contribution is -2.12. The first-order chi connectivity index (χ1) is 9.82. The fourth-order valence-corrected chi connectivity index (χ4v) is 2.57. The number of methoxy groups -OCH3 is 1. The van der Waals surface area contributed by atoms with Gasteiger partial charge in [0.1, 0.15) is 0 Å². The Morgan fingerprint density at radius 1 is 1.43 bits per heavy atom. The third-order valence-corrected chi connectivity index (χ3v) is 3.65. The van der Waals surface area contributed by atoms with Gasteiger partial charge in [0, 0.05) is 17.0 Å². The summed E-state index contributed by atoms with van der Waals surface area (Å²) in [5, 5.41) is 5.72. The van der Waals surface area contributed by atoms with E-state index >= 15 is 0 Å². The molecule has 0 radical (unpaired) electrons. The largest absolute Gasteiger partial charge is 0.465 e. The Balaban J connectivity index is 2.28. The Labute approximate surface area is 127 Å². The summed E-state index contributed by atoms with van der Waals surface area (Å²) in [6.07, 6.45) is 1.50. The summed E-state index contributed by atoms with van der Waals surface area (Å²) in [5.74, 6) is -0.0971. The van der Waals surface area contributed by atoms with E-state index in [0.717, 1.165) is 5.69 Å². The molecule has 0 saturated heterocycles. The highest BCUT2D eigenvalue weighted by Gasteiger charge is 2.19. The molecule has 2 heterocycles. The van der Waals surface area contributed by atoms with Crippen molar-refractivity contribution in [2.24, 2.45) is 0 Å². The first kappa shape index (κ1) is 15.2. The van der Waals surface area contributed by atoms with Gasteiger partial charge in [-0.05, 0) is 6.07 Å². The van der Waals surface area contributed by atoms with E-state index in [0.29, 0.717) is 10.9 Å². The zero-order valence-electron chi connectivity index (χ0n) is 12.4. The molecule has 6 nitrogen and oxygen atoms in total. The molecule has 3 N–H and O–H groups in total. The SMILES string of the molecule is COC(=O)c1ccnc(Nc2nc(C(C)(C)C)cs2)c1N. The second-order valence-corrected chi connectivity index (χ2v) is 6.38. The Hall–Kier alpha value is -2.15. The average Bonchev–Trinajstić information content (AvgIpc) is 2.89. The normalized spacial score (nSPS) is 11.2. The van der Waals surface area contributed by atoms with Gasteiger partial charge in [-0.2, -0.15) is 0 Å². The Bertz CT molecular complexity index is 661. The number of pyridine rings is 1. The summed E-state index contributed by atoms with van der Waals surface area (Å²) in [4.78, 5) is 20.3. The van der Waals surface area contributed by atoms with E-state index in [1.807, 2.05) is 5.38 Å². The number of nitrogens with one attached hydrogen (secondary N) is 1.